The van der Waals surface area contributed by atoms with E-state index in [0.717, 1.165) is 43.6 Å². The lowest BCUT2D eigenvalue weighted by Crippen LogP contribution is -2.35. The molecule has 0 bridgehead atoms. The van der Waals surface area contributed by atoms with Gasteiger partial charge in [0.1, 0.15) is 17.3 Å². The maximum atomic E-state index is 13.7. The molecule has 190 valence electrons. The number of carbonyl (C=O) groups is 1. The van der Waals surface area contributed by atoms with Gasteiger partial charge in [-0.15, -0.1) is 0 Å². The Morgan fingerprint density at radius 1 is 1.23 bits per heavy atom. The van der Waals surface area contributed by atoms with Gasteiger partial charge in [-0.05, 0) is 43.5 Å². The van der Waals surface area contributed by atoms with E-state index in [2.05, 4.69) is 9.97 Å². The smallest absolute Gasteiger partial charge is 0.433 e. The van der Waals surface area contributed by atoms with E-state index >= 15 is 0 Å². The predicted molar refractivity (Wildman–Crippen MR) is 113 cm³/mol. The van der Waals surface area contributed by atoms with Gasteiger partial charge in [0.05, 0.1) is 15.9 Å². The van der Waals surface area contributed by atoms with Gasteiger partial charge in [0, 0.05) is 32.5 Å². The molecule has 0 spiro atoms. The van der Waals surface area contributed by atoms with E-state index in [0.29, 0.717) is 13.3 Å². The monoisotopic (exact) mass is 519 g/mol. The molecule has 1 saturated heterocycles. The second-order valence-corrected chi connectivity index (χ2v) is 11.2. The third-order valence-electron chi connectivity index (χ3n) is 6.45. The summed E-state index contributed by atoms with van der Waals surface area (Å²) in [7, 11) is -3.73. The number of alkyl halides is 5. The van der Waals surface area contributed by atoms with Crippen molar-refractivity contribution in [3.05, 3.63) is 47.5 Å². The molecule has 35 heavy (non-hydrogen) atoms. The average Bonchev–Trinajstić information content (AvgIpc) is 3.32. The third-order valence-corrected chi connectivity index (χ3v) is 7.56. The minimum absolute atomic E-state index is 0.000155. The van der Waals surface area contributed by atoms with Crippen LogP contribution in [-0.2, 0) is 21.4 Å². The summed E-state index contributed by atoms with van der Waals surface area (Å²) in [4.78, 5) is 22.2. The van der Waals surface area contributed by atoms with E-state index in [9.17, 15) is 35.2 Å². The molecule has 1 aromatic heterocycles. The van der Waals surface area contributed by atoms with Crippen LogP contribution in [0.15, 0.2) is 35.4 Å². The quantitative estimate of drug-likeness (QED) is 0.541. The van der Waals surface area contributed by atoms with Gasteiger partial charge in [-0.3, -0.25) is 4.79 Å². The summed E-state index contributed by atoms with van der Waals surface area (Å²) < 4.78 is 96.1. The van der Waals surface area contributed by atoms with Crippen LogP contribution in [0.25, 0.3) is 0 Å². The fourth-order valence-electron chi connectivity index (χ4n) is 4.21. The van der Waals surface area contributed by atoms with Crippen LogP contribution in [0.4, 0.5) is 22.0 Å². The van der Waals surface area contributed by atoms with E-state index in [1.54, 1.807) is 0 Å². The Hall–Kier alpha value is -2.83. The maximum Gasteiger partial charge on any atom is 0.433 e. The van der Waals surface area contributed by atoms with Crippen molar-refractivity contribution in [2.24, 2.45) is 5.92 Å². The molecule has 4 rings (SSSR count). The van der Waals surface area contributed by atoms with Gasteiger partial charge in [-0.25, -0.2) is 27.2 Å². The molecule has 7 nitrogen and oxygen atoms in total. The summed E-state index contributed by atoms with van der Waals surface area (Å²) >= 11 is 0. The number of benzene rings is 1. The molecular formula is C22H22F5N3O4S. The van der Waals surface area contributed by atoms with Gasteiger partial charge < -0.3 is 9.64 Å². The lowest BCUT2D eigenvalue weighted by Gasteiger charge is -2.25. The molecule has 1 saturated carbocycles. The SMILES string of the molecule is C[C@@H](Oc1ccc(S(C)(=O)=O)cc1C(=O)N1CC2CC2(c2nccc(C(F)(F)F)n2)C1)C(C)(F)F. The number of carbonyl (C=O) groups excluding carboxylic acids is 1. The summed E-state index contributed by atoms with van der Waals surface area (Å²) in [5, 5.41) is 0. The van der Waals surface area contributed by atoms with Crippen LogP contribution >= 0.6 is 0 Å². The van der Waals surface area contributed by atoms with Crippen molar-refractivity contribution in [3.8, 4) is 5.75 Å². The van der Waals surface area contributed by atoms with Gasteiger partial charge in [0.2, 0.25) is 0 Å². The minimum atomic E-state index is -4.65. The number of hydrogen-bond donors (Lipinski definition) is 0. The number of piperidine rings is 1. The zero-order valence-corrected chi connectivity index (χ0v) is 19.8. The Kier molecular flexibility index (Phi) is 5.85. The van der Waals surface area contributed by atoms with Crippen LogP contribution in [0.1, 0.15) is 42.1 Å². The highest BCUT2D eigenvalue weighted by molar-refractivity contribution is 7.90. The first-order chi connectivity index (χ1) is 16.0. The highest BCUT2D eigenvalue weighted by Crippen LogP contribution is 2.58. The van der Waals surface area contributed by atoms with Crippen LogP contribution in [0.5, 0.6) is 5.75 Å². The predicted octanol–water partition coefficient (Wildman–Crippen LogP) is 3.74. The van der Waals surface area contributed by atoms with Crippen molar-refractivity contribution >= 4 is 15.7 Å². The van der Waals surface area contributed by atoms with E-state index in [4.69, 9.17) is 4.74 Å². The number of rotatable bonds is 6. The maximum absolute atomic E-state index is 13.7. The number of nitrogens with zero attached hydrogens (tertiary/aromatic N) is 3. The molecule has 2 unspecified atom stereocenters. The van der Waals surface area contributed by atoms with Crippen LogP contribution in [-0.4, -0.2) is 60.6 Å². The summed E-state index contributed by atoms with van der Waals surface area (Å²) in [6.07, 6.45) is -3.82. The number of sulfone groups is 1. The van der Waals surface area contributed by atoms with Crippen molar-refractivity contribution in [3.63, 3.8) is 0 Å². The molecule has 1 aliphatic heterocycles. The van der Waals surface area contributed by atoms with E-state index in [1.165, 1.54) is 4.90 Å². The highest BCUT2D eigenvalue weighted by atomic mass is 32.2. The average molecular weight is 519 g/mol. The molecule has 1 amide bonds. The third kappa shape index (κ3) is 4.82. The molecule has 1 aromatic carbocycles. The Morgan fingerprint density at radius 2 is 1.91 bits per heavy atom. The Balaban J connectivity index is 1.65. The molecule has 2 fully saturated rings. The van der Waals surface area contributed by atoms with Crippen molar-refractivity contribution in [2.45, 2.75) is 48.8 Å². The van der Waals surface area contributed by atoms with Crippen LogP contribution in [0.2, 0.25) is 0 Å². The zero-order valence-electron chi connectivity index (χ0n) is 18.9. The van der Waals surface area contributed by atoms with Gasteiger partial charge in [0.15, 0.2) is 15.9 Å². The normalized spacial score (nSPS) is 23.1. The van der Waals surface area contributed by atoms with E-state index < -0.39 is 45.1 Å². The lowest BCUT2D eigenvalue weighted by molar-refractivity contribution is -0.141. The number of likely N-dealkylation sites (tertiary alicyclic amines) is 1. The Morgan fingerprint density at radius 3 is 2.51 bits per heavy atom. The molecule has 1 aliphatic carbocycles. The molecular weight excluding hydrogens is 497 g/mol. The molecule has 3 atom stereocenters. The number of ether oxygens (including phenoxy) is 1. The summed E-state index contributed by atoms with van der Waals surface area (Å²) in [6, 6.07) is 4.13. The number of amides is 1. The topological polar surface area (TPSA) is 89.5 Å². The first-order valence-corrected chi connectivity index (χ1v) is 12.5. The van der Waals surface area contributed by atoms with Crippen LogP contribution in [0.3, 0.4) is 0 Å². The summed E-state index contributed by atoms with van der Waals surface area (Å²) in [6.45, 7) is 1.93. The molecule has 0 N–H and O–H groups in total. The van der Waals surface area contributed by atoms with Gasteiger partial charge >= 0.3 is 6.18 Å². The van der Waals surface area contributed by atoms with Crippen molar-refractivity contribution < 1.29 is 39.9 Å². The number of halogens is 5. The fourth-order valence-corrected chi connectivity index (χ4v) is 4.86. The van der Waals surface area contributed by atoms with Gasteiger partial charge in [-0.1, -0.05) is 0 Å². The molecule has 2 aromatic rings. The van der Waals surface area contributed by atoms with Crippen molar-refractivity contribution in [1.82, 2.24) is 14.9 Å². The van der Waals surface area contributed by atoms with Crippen molar-refractivity contribution in [2.75, 3.05) is 19.3 Å². The first-order valence-electron chi connectivity index (χ1n) is 10.6. The number of aromatic nitrogens is 2. The second kappa shape index (κ2) is 8.10. The fraction of sp³-hybridized carbons (Fsp3) is 0.500. The Labute approximate surface area is 198 Å². The zero-order chi connectivity index (χ0) is 26.0. The Bertz CT molecular complexity index is 1280. The number of fused-ring (bicyclic) bond motifs is 1. The van der Waals surface area contributed by atoms with Crippen molar-refractivity contribution in [1.29, 1.82) is 0 Å². The molecule has 2 heterocycles. The largest absolute Gasteiger partial charge is 0.484 e. The van der Waals surface area contributed by atoms with Crippen LogP contribution in [0, 0.1) is 5.92 Å². The van der Waals surface area contributed by atoms with E-state index in [-0.39, 0.29) is 41.0 Å². The molecule has 0 radical (unpaired) electrons. The summed E-state index contributed by atoms with van der Waals surface area (Å²) in [5.74, 6) is -4.35. The lowest BCUT2D eigenvalue weighted by atomic mass is 10.1. The van der Waals surface area contributed by atoms with Gasteiger partial charge in [-0.2, -0.15) is 13.2 Å². The minimum Gasteiger partial charge on any atom is -0.484 e. The summed E-state index contributed by atoms with van der Waals surface area (Å²) in [5.41, 5.74) is -2.17. The second-order valence-electron chi connectivity index (χ2n) is 9.15. The number of hydrogen-bond acceptors (Lipinski definition) is 6. The highest BCUT2D eigenvalue weighted by Gasteiger charge is 2.64. The molecule has 13 heteroatoms. The standard InChI is InChI=1S/C22H22F5N3O4S/c1-12(20(2,23)24)34-16-5-4-14(35(3,32)33)8-15(16)18(31)30-10-13-9-21(13,11-30)19-28-7-6-17(29-19)22(25,26)27/h4-8,12-13H,9-11H2,1-3H3/t12-,13?,21?/m1/s1. The van der Waals surface area contributed by atoms with Gasteiger partial charge in [0.25, 0.3) is 11.8 Å². The van der Waals surface area contributed by atoms with E-state index in [1.807, 2.05) is 0 Å². The first kappa shape index (κ1) is 25.3. The van der Waals surface area contributed by atoms with Crippen LogP contribution < -0.4 is 4.74 Å². The molecule has 2 aliphatic rings.